The Morgan fingerprint density at radius 1 is 0.889 bits per heavy atom. The molecule has 4 aromatic rings. The van der Waals surface area contributed by atoms with Crippen LogP contribution in [0, 0.1) is 5.82 Å². The lowest BCUT2D eigenvalue weighted by molar-refractivity contribution is 0.625. The van der Waals surface area contributed by atoms with E-state index >= 15 is 0 Å². The third kappa shape index (κ3) is 4.51. The van der Waals surface area contributed by atoms with E-state index in [4.69, 9.17) is 5.10 Å². The lowest BCUT2D eigenvalue weighted by atomic mass is 10.2. The van der Waals surface area contributed by atoms with Crippen molar-refractivity contribution in [3.63, 3.8) is 0 Å². The topological polar surface area (TPSA) is 29.9 Å². The Hall–Kier alpha value is -2.76. The molecule has 1 N–H and O–H groups in total. The van der Waals surface area contributed by atoms with Gasteiger partial charge in [-0.3, -0.25) is 4.68 Å². The van der Waals surface area contributed by atoms with Crippen LogP contribution in [0.15, 0.2) is 78.3 Å². The van der Waals surface area contributed by atoms with Crippen LogP contribution >= 0.6 is 11.3 Å². The fraction of sp³-hybridized carbons (Fsp3) is 0.136. The molecule has 0 saturated carbocycles. The summed E-state index contributed by atoms with van der Waals surface area (Å²) in [6.07, 6.45) is 2.11. The highest BCUT2D eigenvalue weighted by Gasteiger charge is 2.12. The summed E-state index contributed by atoms with van der Waals surface area (Å²) in [6, 6.07) is 21.1. The van der Waals surface area contributed by atoms with E-state index < -0.39 is 0 Å². The number of thiophene rings is 1. The van der Waals surface area contributed by atoms with Crippen molar-refractivity contribution in [3.05, 3.63) is 101 Å². The molecule has 136 valence electrons. The molecule has 27 heavy (non-hydrogen) atoms. The lowest BCUT2D eigenvalue weighted by Crippen LogP contribution is -2.12. The first-order valence-corrected chi connectivity index (χ1v) is 9.75. The predicted molar refractivity (Wildman–Crippen MR) is 108 cm³/mol. The van der Waals surface area contributed by atoms with Gasteiger partial charge in [-0.2, -0.15) is 5.10 Å². The minimum atomic E-state index is -0.207. The molecule has 3 nitrogen and oxygen atoms in total. The summed E-state index contributed by atoms with van der Waals surface area (Å²) in [6.45, 7) is 2.14. The van der Waals surface area contributed by atoms with E-state index in [1.807, 2.05) is 28.9 Å². The zero-order valence-corrected chi connectivity index (χ0v) is 15.6. The van der Waals surface area contributed by atoms with Gasteiger partial charge in [0, 0.05) is 24.8 Å². The van der Waals surface area contributed by atoms with Gasteiger partial charge in [0.2, 0.25) is 0 Å². The number of nitrogens with one attached hydrogen (secondary N) is 1. The molecule has 0 atom stereocenters. The Morgan fingerprint density at radius 3 is 2.44 bits per heavy atom. The molecule has 2 heterocycles. The molecule has 2 aromatic carbocycles. The van der Waals surface area contributed by atoms with Crippen molar-refractivity contribution in [3.8, 4) is 10.6 Å². The zero-order valence-electron chi connectivity index (χ0n) is 14.8. The Labute approximate surface area is 162 Å². The molecule has 0 fully saturated rings. The molecule has 4 rings (SSSR count). The van der Waals surface area contributed by atoms with E-state index in [0.29, 0.717) is 13.1 Å². The molecule has 0 radical (unpaired) electrons. The summed E-state index contributed by atoms with van der Waals surface area (Å²) < 4.78 is 15.0. The van der Waals surface area contributed by atoms with E-state index in [0.717, 1.165) is 23.4 Å². The molecule has 0 aliphatic carbocycles. The Kier molecular flexibility index (Phi) is 5.42. The van der Waals surface area contributed by atoms with Gasteiger partial charge in [-0.25, -0.2) is 4.39 Å². The second-order valence-corrected chi connectivity index (χ2v) is 7.34. The molecule has 0 unspecified atom stereocenters. The number of halogens is 1. The molecule has 0 aliphatic rings. The molecule has 0 bridgehead atoms. The van der Waals surface area contributed by atoms with Gasteiger partial charge in [0.1, 0.15) is 11.5 Å². The van der Waals surface area contributed by atoms with Gasteiger partial charge in [-0.15, -0.1) is 11.3 Å². The molecule has 2 aromatic heterocycles. The molecule has 0 amide bonds. The van der Waals surface area contributed by atoms with Gasteiger partial charge < -0.3 is 5.32 Å². The largest absolute Gasteiger partial charge is 0.308 e. The van der Waals surface area contributed by atoms with Crippen LogP contribution in [-0.2, 0) is 19.6 Å². The maximum Gasteiger partial charge on any atom is 0.123 e. The van der Waals surface area contributed by atoms with E-state index in [2.05, 4.69) is 35.1 Å². The van der Waals surface area contributed by atoms with Gasteiger partial charge in [-0.1, -0.05) is 48.5 Å². The van der Waals surface area contributed by atoms with Gasteiger partial charge in [0.05, 0.1) is 11.4 Å². The van der Waals surface area contributed by atoms with Crippen molar-refractivity contribution in [2.45, 2.75) is 19.6 Å². The first kappa shape index (κ1) is 17.6. The van der Waals surface area contributed by atoms with E-state index in [1.54, 1.807) is 23.5 Å². The maximum atomic E-state index is 13.0. The van der Waals surface area contributed by atoms with Crippen molar-refractivity contribution in [2.75, 3.05) is 0 Å². The van der Waals surface area contributed by atoms with E-state index in [9.17, 15) is 4.39 Å². The second kappa shape index (κ2) is 8.29. The maximum absolute atomic E-state index is 13.0. The monoisotopic (exact) mass is 377 g/mol. The van der Waals surface area contributed by atoms with Crippen molar-refractivity contribution in [1.82, 2.24) is 15.1 Å². The van der Waals surface area contributed by atoms with Crippen molar-refractivity contribution < 1.29 is 4.39 Å². The normalized spacial score (nSPS) is 11.0. The zero-order chi connectivity index (χ0) is 18.5. The van der Waals surface area contributed by atoms with Gasteiger partial charge in [0.15, 0.2) is 0 Å². The molecular formula is C22H20FN3S. The number of hydrogen-bond acceptors (Lipinski definition) is 3. The van der Waals surface area contributed by atoms with Gasteiger partial charge >= 0.3 is 0 Å². The lowest BCUT2D eigenvalue weighted by Gasteiger charge is -2.05. The Bertz CT molecular complexity index is 976. The SMILES string of the molecule is Fc1ccc(CNCc2cn(Cc3ccccc3)nc2-c2cccs2)cc1. The van der Waals surface area contributed by atoms with Crippen molar-refractivity contribution >= 4 is 11.3 Å². The quantitative estimate of drug-likeness (QED) is 0.486. The smallest absolute Gasteiger partial charge is 0.123 e. The van der Waals surface area contributed by atoms with Crippen LogP contribution in [0.2, 0.25) is 0 Å². The second-order valence-electron chi connectivity index (χ2n) is 6.39. The minimum absolute atomic E-state index is 0.207. The van der Waals surface area contributed by atoms with Crippen LogP contribution in [-0.4, -0.2) is 9.78 Å². The number of hydrogen-bond donors (Lipinski definition) is 1. The molecule has 5 heteroatoms. The summed E-state index contributed by atoms with van der Waals surface area (Å²) in [5, 5.41) is 10.3. The summed E-state index contributed by atoms with van der Waals surface area (Å²) in [4.78, 5) is 1.17. The standard InChI is InChI=1S/C22H20FN3S/c23-20-10-8-17(9-11-20)13-24-14-19-16-26(15-18-5-2-1-3-6-18)25-22(19)21-7-4-12-27-21/h1-12,16,24H,13-15H2. The van der Waals surface area contributed by atoms with E-state index in [-0.39, 0.29) is 5.82 Å². The number of aromatic nitrogens is 2. The van der Waals surface area contributed by atoms with Crippen LogP contribution in [0.1, 0.15) is 16.7 Å². The summed E-state index contributed by atoms with van der Waals surface area (Å²) in [5.74, 6) is -0.207. The van der Waals surface area contributed by atoms with Crippen molar-refractivity contribution in [1.29, 1.82) is 0 Å². The molecule has 0 saturated heterocycles. The highest BCUT2D eigenvalue weighted by Crippen LogP contribution is 2.27. The van der Waals surface area contributed by atoms with E-state index in [1.165, 1.54) is 22.6 Å². The molecule has 0 spiro atoms. The first-order valence-electron chi connectivity index (χ1n) is 8.87. The van der Waals surface area contributed by atoms with Crippen LogP contribution in [0.3, 0.4) is 0 Å². The first-order chi connectivity index (χ1) is 13.3. The molecular weight excluding hydrogens is 357 g/mol. The highest BCUT2D eigenvalue weighted by atomic mass is 32.1. The average Bonchev–Trinajstić information content (AvgIpc) is 3.34. The van der Waals surface area contributed by atoms with Crippen LogP contribution < -0.4 is 5.32 Å². The predicted octanol–water partition coefficient (Wildman–Crippen LogP) is 5.09. The fourth-order valence-electron chi connectivity index (χ4n) is 3.01. The third-order valence-electron chi connectivity index (χ3n) is 4.34. The van der Waals surface area contributed by atoms with Crippen LogP contribution in [0.4, 0.5) is 4.39 Å². The molecule has 0 aliphatic heterocycles. The van der Waals surface area contributed by atoms with Crippen LogP contribution in [0.5, 0.6) is 0 Å². The Balaban J connectivity index is 1.50. The number of benzene rings is 2. The minimum Gasteiger partial charge on any atom is -0.308 e. The van der Waals surface area contributed by atoms with Crippen LogP contribution in [0.25, 0.3) is 10.6 Å². The number of nitrogens with zero attached hydrogens (tertiary/aromatic N) is 2. The van der Waals surface area contributed by atoms with Gasteiger partial charge in [0.25, 0.3) is 0 Å². The summed E-state index contributed by atoms with van der Waals surface area (Å²) >= 11 is 1.70. The summed E-state index contributed by atoms with van der Waals surface area (Å²) in [5.41, 5.74) is 4.47. The summed E-state index contributed by atoms with van der Waals surface area (Å²) in [7, 11) is 0. The number of rotatable bonds is 7. The third-order valence-corrected chi connectivity index (χ3v) is 5.21. The fourth-order valence-corrected chi connectivity index (χ4v) is 3.75. The average molecular weight is 377 g/mol. The Morgan fingerprint density at radius 2 is 1.70 bits per heavy atom. The van der Waals surface area contributed by atoms with Gasteiger partial charge in [-0.05, 0) is 34.7 Å². The van der Waals surface area contributed by atoms with Crippen molar-refractivity contribution in [2.24, 2.45) is 0 Å². The highest BCUT2D eigenvalue weighted by molar-refractivity contribution is 7.13.